The van der Waals surface area contributed by atoms with Crippen LogP contribution in [0.5, 0.6) is 0 Å². The Bertz CT molecular complexity index is 961. The third-order valence-electron chi connectivity index (χ3n) is 3.99. The summed E-state index contributed by atoms with van der Waals surface area (Å²) >= 11 is 0. The predicted octanol–water partition coefficient (Wildman–Crippen LogP) is 0.521. The van der Waals surface area contributed by atoms with Gasteiger partial charge in [-0.05, 0) is 6.07 Å². The van der Waals surface area contributed by atoms with Gasteiger partial charge in [0.25, 0.3) is 11.5 Å². The number of amides is 1. The summed E-state index contributed by atoms with van der Waals surface area (Å²) in [5.74, 6) is -0.204. The van der Waals surface area contributed by atoms with Crippen LogP contribution >= 0.6 is 0 Å². The monoisotopic (exact) mass is 328 g/mol. The quantitative estimate of drug-likeness (QED) is 0.756. The Morgan fingerprint density at radius 1 is 1.33 bits per heavy atom. The number of likely N-dealkylation sites (tertiary alicyclic amines) is 1. The number of aromatic nitrogens is 5. The highest BCUT2D eigenvalue weighted by Crippen LogP contribution is 2.26. The van der Waals surface area contributed by atoms with Crippen LogP contribution in [0.15, 0.2) is 35.5 Å². The summed E-state index contributed by atoms with van der Waals surface area (Å²) in [6.45, 7) is 0.238. The molecule has 3 aromatic rings. The second-order valence-corrected chi connectivity index (χ2v) is 5.60. The molecule has 0 bridgehead atoms. The number of H-pyrrole nitrogens is 1. The van der Waals surface area contributed by atoms with Gasteiger partial charge in [-0.25, -0.2) is 9.97 Å². The lowest BCUT2D eigenvalue weighted by Crippen LogP contribution is -2.50. The Labute approximate surface area is 135 Å². The van der Waals surface area contributed by atoms with Gasteiger partial charge in [0.05, 0.1) is 6.67 Å². The van der Waals surface area contributed by atoms with Crippen molar-refractivity contribution in [2.75, 3.05) is 19.8 Å². The molecule has 9 heteroatoms. The number of carbonyl (C=O) groups excluding carboxylic acids is 1. The molecule has 0 aliphatic carbocycles. The molecule has 4 rings (SSSR count). The van der Waals surface area contributed by atoms with Crippen LogP contribution in [0, 0.1) is 5.92 Å². The van der Waals surface area contributed by atoms with E-state index in [1.165, 1.54) is 29.6 Å². The Morgan fingerprint density at radius 2 is 2.08 bits per heavy atom. The van der Waals surface area contributed by atoms with E-state index in [-0.39, 0.29) is 40.1 Å². The highest BCUT2D eigenvalue weighted by molar-refractivity contribution is 6.05. The Balaban J connectivity index is 1.88. The largest absolute Gasteiger partial charge is 0.346 e. The molecule has 0 saturated carbocycles. The van der Waals surface area contributed by atoms with Gasteiger partial charge in [0.1, 0.15) is 11.3 Å². The molecule has 1 N–H and O–H groups in total. The number of nitrogens with one attached hydrogen (secondary N) is 1. The van der Waals surface area contributed by atoms with E-state index in [0.29, 0.717) is 13.1 Å². The van der Waals surface area contributed by atoms with Crippen molar-refractivity contribution in [2.45, 2.75) is 0 Å². The fourth-order valence-electron chi connectivity index (χ4n) is 2.75. The third-order valence-corrected chi connectivity index (χ3v) is 3.99. The lowest BCUT2D eigenvalue weighted by atomic mass is 10.0. The predicted molar refractivity (Wildman–Crippen MR) is 82.2 cm³/mol. The molecular weight excluding hydrogens is 315 g/mol. The zero-order chi connectivity index (χ0) is 16.7. The molecule has 1 amide bonds. The van der Waals surface area contributed by atoms with E-state index in [4.69, 9.17) is 0 Å². The fourth-order valence-corrected chi connectivity index (χ4v) is 2.75. The van der Waals surface area contributed by atoms with Gasteiger partial charge in [-0.1, -0.05) is 0 Å². The molecule has 1 saturated heterocycles. The second kappa shape index (κ2) is 5.52. The first-order valence-corrected chi connectivity index (χ1v) is 7.42. The van der Waals surface area contributed by atoms with Crippen LogP contribution in [-0.2, 0) is 0 Å². The molecular formula is C15H13FN6O2. The molecule has 1 aliphatic heterocycles. The molecule has 3 aromatic heterocycles. The van der Waals surface area contributed by atoms with E-state index in [2.05, 4.69) is 20.1 Å². The maximum Gasteiger partial charge on any atom is 0.274 e. The minimum Gasteiger partial charge on any atom is -0.346 e. The van der Waals surface area contributed by atoms with E-state index < -0.39 is 6.67 Å². The SMILES string of the molecule is O=C(c1c(-c2ncccn2)nn2c(=O)cc[nH]c12)N1CC(CF)C1. The van der Waals surface area contributed by atoms with Crippen LogP contribution in [0.25, 0.3) is 17.2 Å². The number of hydrogen-bond acceptors (Lipinski definition) is 5. The average Bonchev–Trinajstić information content (AvgIpc) is 2.95. The number of carbonyl (C=O) groups is 1. The van der Waals surface area contributed by atoms with Crippen molar-refractivity contribution in [2.24, 2.45) is 5.92 Å². The Hall–Kier alpha value is -3.10. The molecule has 24 heavy (non-hydrogen) atoms. The minimum absolute atomic E-state index is 0.133. The lowest BCUT2D eigenvalue weighted by Gasteiger charge is -2.37. The summed E-state index contributed by atoms with van der Waals surface area (Å²) < 4.78 is 13.8. The zero-order valence-corrected chi connectivity index (χ0v) is 12.5. The van der Waals surface area contributed by atoms with Crippen LogP contribution in [0.4, 0.5) is 4.39 Å². The van der Waals surface area contributed by atoms with Crippen LogP contribution in [0.2, 0.25) is 0 Å². The van der Waals surface area contributed by atoms with Crippen molar-refractivity contribution in [3.63, 3.8) is 0 Å². The summed E-state index contributed by atoms with van der Waals surface area (Å²) in [5.41, 5.74) is 0.351. The minimum atomic E-state index is -0.454. The normalized spacial score (nSPS) is 14.8. The smallest absolute Gasteiger partial charge is 0.274 e. The Kier molecular flexibility index (Phi) is 3.33. The van der Waals surface area contributed by atoms with Crippen molar-refractivity contribution in [1.29, 1.82) is 0 Å². The van der Waals surface area contributed by atoms with E-state index in [9.17, 15) is 14.0 Å². The van der Waals surface area contributed by atoms with Gasteiger partial charge in [-0.2, -0.15) is 9.61 Å². The van der Waals surface area contributed by atoms with E-state index >= 15 is 0 Å². The lowest BCUT2D eigenvalue weighted by molar-refractivity contribution is 0.0455. The zero-order valence-electron chi connectivity index (χ0n) is 12.5. The molecule has 8 nitrogen and oxygen atoms in total. The molecule has 0 aromatic carbocycles. The van der Waals surface area contributed by atoms with E-state index in [1.54, 1.807) is 6.07 Å². The fraction of sp³-hybridized carbons (Fsp3) is 0.267. The number of rotatable bonds is 3. The standard InChI is InChI=1S/C15H13FN6O2/c16-6-9-7-21(8-9)15(24)11-12(13-17-3-1-4-18-13)20-22-10(23)2-5-19-14(11)22/h1-5,9,19H,6-8H2. The molecule has 1 aliphatic rings. The van der Waals surface area contributed by atoms with Crippen molar-refractivity contribution in [3.05, 3.63) is 46.6 Å². The average molecular weight is 328 g/mol. The van der Waals surface area contributed by atoms with E-state index in [0.717, 1.165) is 4.52 Å². The molecule has 0 radical (unpaired) electrons. The van der Waals surface area contributed by atoms with Crippen LogP contribution in [-0.4, -0.2) is 55.1 Å². The summed E-state index contributed by atoms with van der Waals surface area (Å²) in [7, 11) is 0. The summed E-state index contributed by atoms with van der Waals surface area (Å²) in [4.78, 5) is 37.5. The topological polar surface area (TPSA) is 96.2 Å². The highest BCUT2D eigenvalue weighted by atomic mass is 19.1. The van der Waals surface area contributed by atoms with Crippen LogP contribution in [0.1, 0.15) is 10.4 Å². The number of halogens is 1. The third kappa shape index (κ3) is 2.16. The van der Waals surface area contributed by atoms with Gasteiger partial charge in [-0.3, -0.25) is 14.0 Å². The maximum absolute atomic E-state index is 12.8. The molecule has 122 valence electrons. The van der Waals surface area contributed by atoms with Gasteiger partial charge in [-0.15, -0.1) is 0 Å². The summed E-state index contributed by atoms with van der Waals surface area (Å²) in [6.07, 6.45) is 4.52. The van der Waals surface area contributed by atoms with Gasteiger partial charge in [0.15, 0.2) is 11.5 Å². The van der Waals surface area contributed by atoms with Gasteiger partial charge in [0.2, 0.25) is 0 Å². The van der Waals surface area contributed by atoms with Crippen molar-refractivity contribution in [1.82, 2.24) is 29.5 Å². The summed E-state index contributed by atoms with van der Waals surface area (Å²) in [5, 5.41) is 4.21. The Morgan fingerprint density at radius 3 is 2.79 bits per heavy atom. The number of fused-ring (bicyclic) bond motifs is 1. The molecule has 0 unspecified atom stereocenters. The highest BCUT2D eigenvalue weighted by Gasteiger charge is 2.35. The van der Waals surface area contributed by atoms with Crippen LogP contribution in [0.3, 0.4) is 0 Å². The van der Waals surface area contributed by atoms with Crippen molar-refractivity contribution >= 4 is 11.6 Å². The number of aromatic amines is 1. The van der Waals surface area contributed by atoms with E-state index in [1.807, 2.05) is 0 Å². The van der Waals surface area contributed by atoms with Crippen LogP contribution < -0.4 is 5.56 Å². The summed E-state index contributed by atoms with van der Waals surface area (Å²) in [6, 6.07) is 2.96. The molecule has 1 fully saturated rings. The maximum atomic E-state index is 12.8. The first-order chi connectivity index (χ1) is 11.7. The van der Waals surface area contributed by atoms with Crippen molar-refractivity contribution < 1.29 is 9.18 Å². The number of nitrogens with zero attached hydrogens (tertiary/aromatic N) is 5. The molecule has 4 heterocycles. The van der Waals surface area contributed by atoms with Gasteiger partial charge < -0.3 is 9.88 Å². The number of alkyl halides is 1. The first kappa shape index (κ1) is 14.5. The number of hydrogen-bond donors (Lipinski definition) is 1. The second-order valence-electron chi connectivity index (χ2n) is 5.60. The van der Waals surface area contributed by atoms with Gasteiger partial charge in [0, 0.05) is 43.7 Å². The van der Waals surface area contributed by atoms with Gasteiger partial charge >= 0.3 is 0 Å². The molecule has 0 spiro atoms. The molecule has 0 atom stereocenters. The first-order valence-electron chi connectivity index (χ1n) is 7.42. The van der Waals surface area contributed by atoms with Crippen molar-refractivity contribution in [3.8, 4) is 11.5 Å².